The molecule has 1 saturated carbocycles. The van der Waals surface area contributed by atoms with Crippen molar-refractivity contribution < 1.29 is 13.9 Å². The monoisotopic (exact) mass is 552 g/mol. The second kappa shape index (κ2) is 10.1. The number of carbonyl (C=O) groups is 1. The Morgan fingerprint density at radius 3 is 2.97 bits per heavy atom. The Balaban J connectivity index is 1.54. The Morgan fingerprint density at radius 1 is 1.42 bits per heavy atom. The maximum Gasteiger partial charge on any atom is 0.338 e. The van der Waals surface area contributed by atoms with Gasteiger partial charge in [0.2, 0.25) is 0 Å². The number of ether oxygens (including phenoxy) is 1. The minimum absolute atomic E-state index is 0.287. The van der Waals surface area contributed by atoms with Crippen LogP contribution in [0.4, 0.5) is 4.39 Å². The molecule has 176 valence electrons. The van der Waals surface area contributed by atoms with E-state index in [2.05, 4.69) is 30.5 Å². The molecule has 3 aliphatic heterocycles. The molecule has 1 aromatic carbocycles. The third-order valence-electron chi connectivity index (χ3n) is 6.02. The first-order valence-electron chi connectivity index (χ1n) is 11.3. The first-order chi connectivity index (χ1) is 16.0. The van der Waals surface area contributed by atoms with Crippen molar-refractivity contribution in [2.24, 2.45) is 15.9 Å². The van der Waals surface area contributed by atoms with Crippen LogP contribution in [0.3, 0.4) is 0 Å². The number of nitrogens with zero attached hydrogens (tertiary/aromatic N) is 3. The van der Waals surface area contributed by atoms with Crippen LogP contribution in [0.5, 0.6) is 0 Å². The second-order valence-electron chi connectivity index (χ2n) is 8.48. The molecule has 0 spiro atoms. The van der Waals surface area contributed by atoms with E-state index in [1.807, 2.05) is 18.9 Å². The van der Waals surface area contributed by atoms with E-state index in [4.69, 9.17) is 9.73 Å². The minimum atomic E-state index is -0.572. The molecule has 1 aromatic rings. The van der Waals surface area contributed by atoms with Crippen LogP contribution in [0, 0.1) is 11.7 Å². The van der Waals surface area contributed by atoms with Crippen LogP contribution in [-0.4, -0.2) is 59.0 Å². The zero-order valence-corrected chi connectivity index (χ0v) is 21.6. The van der Waals surface area contributed by atoms with Crippen molar-refractivity contribution >= 4 is 56.5 Å². The summed E-state index contributed by atoms with van der Waals surface area (Å²) in [7, 11) is 0. The maximum absolute atomic E-state index is 13.9. The van der Waals surface area contributed by atoms with Gasteiger partial charge in [-0.2, -0.15) is 0 Å². The van der Waals surface area contributed by atoms with Crippen LogP contribution in [0.2, 0.25) is 0 Å². The van der Waals surface area contributed by atoms with Crippen molar-refractivity contribution in [3.8, 4) is 0 Å². The van der Waals surface area contributed by atoms with Gasteiger partial charge in [0.05, 0.1) is 12.2 Å². The van der Waals surface area contributed by atoms with Crippen molar-refractivity contribution in [1.29, 1.82) is 0 Å². The Morgan fingerprint density at radius 2 is 2.27 bits per heavy atom. The molecule has 2 atom stereocenters. The molecule has 0 radical (unpaired) electrons. The molecule has 1 saturated heterocycles. The number of esters is 1. The van der Waals surface area contributed by atoms with Gasteiger partial charge in [0.1, 0.15) is 16.9 Å². The number of hydrogen-bond donors (Lipinski definition) is 1. The summed E-state index contributed by atoms with van der Waals surface area (Å²) >= 11 is 7.02. The number of aliphatic imine (C=N–C) groups is 2. The minimum Gasteiger partial charge on any atom is -0.463 e. The van der Waals surface area contributed by atoms with Crippen LogP contribution in [0.1, 0.15) is 37.8 Å². The molecule has 4 aliphatic rings. The molecule has 1 N–H and O–H groups in total. The molecule has 1 aliphatic carbocycles. The highest BCUT2D eigenvalue weighted by atomic mass is 79.9. The summed E-state index contributed by atoms with van der Waals surface area (Å²) in [6.07, 6.45) is 3.34. The smallest absolute Gasteiger partial charge is 0.338 e. The number of nitrogens with one attached hydrogen (secondary N) is 1. The van der Waals surface area contributed by atoms with Gasteiger partial charge < -0.3 is 9.64 Å². The van der Waals surface area contributed by atoms with Gasteiger partial charge in [-0.3, -0.25) is 14.7 Å². The first kappa shape index (κ1) is 23.4. The predicted octanol–water partition coefficient (Wildman–Crippen LogP) is 4.73. The molecule has 0 amide bonds. The molecule has 1 unspecified atom stereocenters. The number of hydrogen-bond acceptors (Lipinski definition) is 8. The van der Waals surface area contributed by atoms with Crippen molar-refractivity contribution in [2.75, 3.05) is 32.0 Å². The lowest BCUT2D eigenvalue weighted by atomic mass is 9.94. The fourth-order valence-electron chi connectivity index (χ4n) is 4.33. The van der Waals surface area contributed by atoms with Gasteiger partial charge in [-0.05, 0) is 49.8 Å². The van der Waals surface area contributed by atoms with E-state index in [-0.39, 0.29) is 18.4 Å². The summed E-state index contributed by atoms with van der Waals surface area (Å²) in [5.74, 6) is 1.40. The zero-order valence-electron chi connectivity index (χ0n) is 18.4. The van der Waals surface area contributed by atoms with Crippen LogP contribution in [0.15, 0.2) is 43.9 Å². The molecule has 0 aromatic heterocycles. The van der Waals surface area contributed by atoms with Gasteiger partial charge in [-0.15, -0.1) is 11.8 Å². The number of thioether (sulfide) groups is 1. The molecule has 10 heteroatoms. The fraction of sp³-hybridized carbons (Fsp3) is 0.522. The summed E-state index contributed by atoms with van der Waals surface area (Å²) in [6, 6.07) is 3.96. The number of benzene rings is 1. The quantitative estimate of drug-likeness (QED) is 0.371. The zero-order chi connectivity index (χ0) is 22.9. The highest BCUT2D eigenvalue weighted by molar-refractivity contribution is 9.10. The topological polar surface area (TPSA) is 66.3 Å². The lowest BCUT2D eigenvalue weighted by Gasteiger charge is -2.32. The van der Waals surface area contributed by atoms with Crippen molar-refractivity contribution in [2.45, 2.75) is 37.5 Å². The Kier molecular flexibility index (Phi) is 7.15. The summed E-state index contributed by atoms with van der Waals surface area (Å²) < 4.78 is 23.5. The second-order valence-corrected chi connectivity index (χ2v) is 11.6. The average molecular weight is 554 g/mol. The van der Waals surface area contributed by atoms with Gasteiger partial charge in [-0.1, -0.05) is 33.9 Å². The summed E-state index contributed by atoms with van der Waals surface area (Å²) in [5.41, 5.74) is 2.26. The van der Waals surface area contributed by atoms with Crippen molar-refractivity contribution in [3.05, 3.63) is 45.3 Å². The third kappa shape index (κ3) is 5.04. The van der Waals surface area contributed by atoms with Gasteiger partial charge >= 0.3 is 5.97 Å². The molecular formula is C23H26BrFN4O2S2. The van der Waals surface area contributed by atoms with Crippen molar-refractivity contribution in [3.63, 3.8) is 0 Å². The molecule has 0 bridgehead atoms. The van der Waals surface area contributed by atoms with E-state index < -0.39 is 6.04 Å². The normalized spacial score (nSPS) is 24.6. The number of amidine groups is 1. The summed E-state index contributed by atoms with van der Waals surface area (Å²) in [6.45, 7) is 4.52. The predicted molar refractivity (Wildman–Crippen MR) is 136 cm³/mol. The molecule has 6 nitrogen and oxygen atoms in total. The number of fused-ring (bicyclic) bond motifs is 1. The van der Waals surface area contributed by atoms with E-state index in [0.717, 1.165) is 59.2 Å². The number of carbonyl (C=O) groups excluding carboxylic acids is 1. The van der Waals surface area contributed by atoms with E-state index in [1.165, 1.54) is 25.0 Å². The van der Waals surface area contributed by atoms with Crippen LogP contribution >= 0.6 is 39.6 Å². The average Bonchev–Trinajstić information content (AvgIpc) is 3.27. The molecule has 2 fully saturated rings. The van der Waals surface area contributed by atoms with Crippen LogP contribution in [0.25, 0.3) is 0 Å². The Bertz CT molecular complexity index is 1040. The number of allylic oxidation sites excluding steroid dienone is 1. The number of rotatable bonds is 8. The van der Waals surface area contributed by atoms with E-state index >= 15 is 0 Å². The van der Waals surface area contributed by atoms with Crippen LogP contribution in [-0.2, 0) is 9.53 Å². The Hall–Kier alpha value is -1.36. The lowest BCUT2D eigenvalue weighted by molar-refractivity contribution is -0.139. The summed E-state index contributed by atoms with van der Waals surface area (Å²) in [4.78, 5) is 25.1. The fourth-order valence-corrected chi connectivity index (χ4v) is 6.69. The van der Waals surface area contributed by atoms with Crippen LogP contribution < -0.4 is 4.72 Å². The summed E-state index contributed by atoms with van der Waals surface area (Å²) in [5, 5.41) is 1.66. The molecule has 5 rings (SSSR count). The largest absolute Gasteiger partial charge is 0.463 e. The van der Waals surface area contributed by atoms with Crippen molar-refractivity contribution in [1.82, 2.24) is 9.62 Å². The standard InChI is InChI=1S/C23H26BrFN4O2S2/c1-2-31-23(30)19-18-9-13(11-27-33-15-4-5-15)12-29(18)21(22-26-7-8-32-22)28-20(19)16-6-3-14(25)10-17(16)24/h3,6,10,13,15,20,27H,2,4-5,7-9,11-12H2,1H3/t13?,20-/m0/s1. The lowest BCUT2D eigenvalue weighted by Crippen LogP contribution is -2.38. The van der Waals surface area contributed by atoms with Gasteiger partial charge in [-0.25, -0.2) is 9.18 Å². The van der Waals surface area contributed by atoms with Gasteiger partial charge in [0, 0.05) is 40.8 Å². The Labute approximate surface area is 210 Å². The maximum atomic E-state index is 13.9. The first-order valence-corrected chi connectivity index (χ1v) is 14.0. The van der Waals surface area contributed by atoms with Gasteiger partial charge in [0.25, 0.3) is 0 Å². The van der Waals surface area contributed by atoms with Gasteiger partial charge in [0.15, 0.2) is 5.84 Å². The molecule has 3 heterocycles. The number of halogens is 2. The molecule has 33 heavy (non-hydrogen) atoms. The molecular weight excluding hydrogens is 527 g/mol. The highest BCUT2D eigenvalue weighted by Gasteiger charge is 2.43. The van der Waals surface area contributed by atoms with E-state index in [0.29, 0.717) is 16.0 Å². The van der Waals surface area contributed by atoms with E-state index in [1.54, 1.807) is 17.8 Å². The third-order valence-corrected chi connectivity index (χ3v) is 8.81. The van der Waals surface area contributed by atoms with E-state index in [9.17, 15) is 9.18 Å². The highest BCUT2D eigenvalue weighted by Crippen LogP contribution is 2.44. The SMILES string of the molecule is CCOC(=O)C1=C2CC(CNSC3CC3)CN2C(C2=NCCS2)=N[C@H]1c1ccc(F)cc1Br.